The number of rotatable bonds is 2. The number of nitrogens with one attached hydrogen (secondary N) is 1. The van der Waals surface area contributed by atoms with Crippen LogP contribution in [0.25, 0.3) is 0 Å². The van der Waals surface area contributed by atoms with E-state index in [9.17, 15) is 4.39 Å². The summed E-state index contributed by atoms with van der Waals surface area (Å²) in [5, 5.41) is 12.5. The molecule has 92 valence electrons. The lowest BCUT2D eigenvalue weighted by Gasteiger charge is -2.17. The van der Waals surface area contributed by atoms with Crippen molar-refractivity contribution in [1.29, 1.82) is 0 Å². The van der Waals surface area contributed by atoms with Crippen LogP contribution in [0, 0.1) is 17.7 Å². The first-order valence-corrected chi connectivity index (χ1v) is 6.13. The fourth-order valence-electron chi connectivity index (χ4n) is 2.99. The van der Waals surface area contributed by atoms with Crippen molar-refractivity contribution in [3.8, 4) is 5.75 Å². The molecule has 0 bridgehead atoms. The molecular formula is C13H17FN2O. The maximum absolute atomic E-state index is 13.2. The molecule has 0 saturated carbocycles. The van der Waals surface area contributed by atoms with Crippen LogP contribution in [0.2, 0.25) is 0 Å². The van der Waals surface area contributed by atoms with E-state index in [1.165, 1.54) is 12.1 Å². The predicted octanol–water partition coefficient (Wildman–Crippen LogP) is 1.18. The maximum atomic E-state index is 13.2. The summed E-state index contributed by atoms with van der Waals surface area (Å²) in [6.45, 7) is 5.21. The van der Waals surface area contributed by atoms with E-state index >= 15 is 0 Å². The van der Waals surface area contributed by atoms with E-state index in [-0.39, 0.29) is 5.75 Å². The van der Waals surface area contributed by atoms with E-state index < -0.39 is 5.82 Å². The molecule has 0 aromatic heterocycles. The highest BCUT2D eigenvalue weighted by atomic mass is 19.1. The molecule has 4 heteroatoms. The molecule has 3 rings (SSSR count). The van der Waals surface area contributed by atoms with Crippen molar-refractivity contribution in [3.63, 3.8) is 0 Å². The summed E-state index contributed by atoms with van der Waals surface area (Å²) in [5.41, 5.74) is 0.938. The number of hydrogen-bond donors (Lipinski definition) is 2. The van der Waals surface area contributed by atoms with Crippen LogP contribution in [0.3, 0.4) is 0 Å². The van der Waals surface area contributed by atoms with Gasteiger partial charge in [0, 0.05) is 19.6 Å². The Kier molecular flexibility index (Phi) is 2.76. The van der Waals surface area contributed by atoms with Crippen molar-refractivity contribution in [2.45, 2.75) is 6.54 Å². The van der Waals surface area contributed by atoms with Gasteiger partial charge in [-0.3, -0.25) is 4.90 Å². The smallest absolute Gasteiger partial charge is 0.165 e. The summed E-state index contributed by atoms with van der Waals surface area (Å²) in [7, 11) is 0. The normalized spacial score (nSPS) is 28.5. The van der Waals surface area contributed by atoms with Gasteiger partial charge in [-0.2, -0.15) is 0 Å². The number of phenolic OH excluding ortho intramolecular Hbond substituents is 1. The Balaban J connectivity index is 1.65. The fourth-order valence-corrected chi connectivity index (χ4v) is 2.99. The van der Waals surface area contributed by atoms with Crippen molar-refractivity contribution in [1.82, 2.24) is 10.2 Å². The fraction of sp³-hybridized carbons (Fsp3) is 0.538. The topological polar surface area (TPSA) is 35.5 Å². The van der Waals surface area contributed by atoms with Crippen LogP contribution < -0.4 is 5.32 Å². The first kappa shape index (κ1) is 11.0. The van der Waals surface area contributed by atoms with Gasteiger partial charge in [-0.15, -0.1) is 0 Å². The molecule has 17 heavy (non-hydrogen) atoms. The Morgan fingerprint density at radius 2 is 2.00 bits per heavy atom. The SMILES string of the molecule is Oc1ccc(CN2CC3CNCC3C2)cc1F. The van der Waals surface area contributed by atoms with E-state index in [1.807, 2.05) is 0 Å². The van der Waals surface area contributed by atoms with E-state index in [0.29, 0.717) is 0 Å². The molecule has 0 aliphatic carbocycles. The predicted molar refractivity (Wildman–Crippen MR) is 63.2 cm³/mol. The zero-order chi connectivity index (χ0) is 11.8. The lowest BCUT2D eigenvalue weighted by molar-refractivity contribution is 0.305. The molecule has 2 unspecified atom stereocenters. The van der Waals surface area contributed by atoms with Gasteiger partial charge >= 0.3 is 0 Å². The van der Waals surface area contributed by atoms with Gasteiger partial charge in [-0.25, -0.2) is 4.39 Å². The highest BCUT2D eigenvalue weighted by Gasteiger charge is 2.35. The van der Waals surface area contributed by atoms with E-state index in [4.69, 9.17) is 5.11 Å². The van der Waals surface area contributed by atoms with Gasteiger partial charge in [0.05, 0.1) is 0 Å². The Hall–Kier alpha value is -1.13. The molecular weight excluding hydrogens is 219 g/mol. The van der Waals surface area contributed by atoms with Crippen molar-refractivity contribution in [2.24, 2.45) is 11.8 Å². The van der Waals surface area contributed by atoms with Crippen LogP contribution in [0.15, 0.2) is 18.2 Å². The molecule has 2 N–H and O–H groups in total. The van der Waals surface area contributed by atoms with Crippen molar-refractivity contribution < 1.29 is 9.50 Å². The number of fused-ring (bicyclic) bond motifs is 1. The van der Waals surface area contributed by atoms with Crippen molar-refractivity contribution in [3.05, 3.63) is 29.6 Å². The highest BCUT2D eigenvalue weighted by Crippen LogP contribution is 2.28. The van der Waals surface area contributed by atoms with Crippen molar-refractivity contribution in [2.75, 3.05) is 26.2 Å². The molecule has 3 nitrogen and oxygen atoms in total. The third-order valence-corrected chi connectivity index (χ3v) is 3.88. The summed E-state index contributed by atoms with van der Waals surface area (Å²) in [4.78, 5) is 2.38. The zero-order valence-corrected chi connectivity index (χ0v) is 9.69. The quantitative estimate of drug-likeness (QED) is 0.809. The van der Waals surface area contributed by atoms with Gasteiger partial charge in [0.25, 0.3) is 0 Å². The van der Waals surface area contributed by atoms with E-state index in [0.717, 1.165) is 50.1 Å². The number of nitrogens with zero attached hydrogens (tertiary/aromatic N) is 1. The molecule has 2 aliphatic heterocycles. The third-order valence-electron chi connectivity index (χ3n) is 3.88. The van der Waals surface area contributed by atoms with Crippen LogP contribution in [-0.4, -0.2) is 36.2 Å². The molecule has 1 aromatic carbocycles. The molecule has 2 heterocycles. The zero-order valence-electron chi connectivity index (χ0n) is 9.69. The number of benzene rings is 1. The minimum absolute atomic E-state index is 0.267. The van der Waals surface area contributed by atoms with E-state index in [2.05, 4.69) is 10.2 Å². The number of aromatic hydroxyl groups is 1. The molecule has 2 fully saturated rings. The largest absolute Gasteiger partial charge is 0.505 e. The summed E-state index contributed by atoms with van der Waals surface area (Å²) in [5.74, 6) is 0.730. The van der Waals surface area contributed by atoms with Gasteiger partial charge < -0.3 is 10.4 Å². The number of halogens is 1. The van der Waals surface area contributed by atoms with Crippen LogP contribution in [0.1, 0.15) is 5.56 Å². The van der Waals surface area contributed by atoms with Gasteiger partial charge in [0.1, 0.15) is 0 Å². The molecule has 2 atom stereocenters. The maximum Gasteiger partial charge on any atom is 0.165 e. The van der Waals surface area contributed by atoms with Crippen molar-refractivity contribution >= 4 is 0 Å². The molecule has 0 spiro atoms. The van der Waals surface area contributed by atoms with Crippen LogP contribution in [-0.2, 0) is 6.54 Å². The Labute approximate surface area is 100 Å². The second-order valence-electron chi connectivity index (χ2n) is 5.16. The lowest BCUT2D eigenvalue weighted by atomic mass is 10.0. The average Bonchev–Trinajstić information content (AvgIpc) is 2.84. The molecule has 0 amide bonds. The number of hydrogen-bond acceptors (Lipinski definition) is 3. The van der Waals surface area contributed by atoms with Gasteiger partial charge in [-0.05, 0) is 42.6 Å². The summed E-state index contributed by atoms with van der Waals surface area (Å²) in [6.07, 6.45) is 0. The molecule has 0 radical (unpaired) electrons. The van der Waals surface area contributed by atoms with Crippen LogP contribution in [0.4, 0.5) is 4.39 Å². The second kappa shape index (κ2) is 4.27. The van der Waals surface area contributed by atoms with Gasteiger partial charge in [0.2, 0.25) is 0 Å². The first-order chi connectivity index (χ1) is 8.22. The molecule has 2 aliphatic rings. The summed E-state index contributed by atoms with van der Waals surface area (Å²) < 4.78 is 13.2. The van der Waals surface area contributed by atoms with Crippen LogP contribution in [0.5, 0.6) is 5.75 Å². The lowest BCUT2D eigenvalue weighted by Crippen LogP contribution is -2.25. The minimum Gasteiger partial charge on any atom is -0.505 e. The monoisotopic (exact) mass is 236 g/mol. The molecule has 2 saturated heterocycles. The van der Waals surface area contributed by atoms with Gasteiger partial charge in [-0.1, -0.05) is 6.07 Å². The van der Waals surface area contributed by atoms with Gasteiger partial charge in [0.15, 0.2) is 11.6 Å². The number of likely N-dealkylation sites (tertiary alicyclic amines) is 1. The van der Waals surface area contributed by atoms with Crippen LogP contribution >= 0.6 is 0 Å². The highest BCUT2D eigenvalue weighted by molar-refractivity contribution is 5.28. The Morgan fingerprint density at radius 1 is 1.29 bits per heavy atom. The summed E-state index contributed by atoms with van der Waals surface area (Å²) in [6, 6.07) is 4.66. The number of phenols is 1. The standard InChI is InChI=1S/C13H17FN2O/c14-12-3-9(1-2-13(12)17)6-16-7-10-4-15-5-11(10)8-16/h1-3,10-11,15,17H,4-8H2. The first-order valence-electron chi connectivity index (χ1n) is 6.13. The third kappa shape index (κ3) is 2.15. The second-order valence-corrected chi connectivity index (χ2v) is 5.16. The Morgan fingerprint density at radius 3 is 2.65 bits per heavy atom. The minimum atomic E-state index is -0.524. The average molecular weight is 236 g/mol. The van der Waals surface area contributed by atoms with E-state index in [1.54, 1.807) is 6.07 Å². The Bertz CT molecular complexity index is 412. The summed E-state index contributed by atoms with van der Waals surface area (Å²) >= 11 is 0. The molecule has 1 aromatic rings.